The van der Waals surface area contributed by atoms with Crippen LogP contribution in [0.1, 0.15) is 16.1 Å². The number of aromatic nitrogens is 3. The van der Waals surface area contributed by atoms with Crippen molar-refractivity contribution in [1.29, 1.82) is 0 Å². The zero-order valence-electron chi connectivity index (χ0n) is 14.1. The molecule has 0 aliphatic heterocycles. The molecular formula is C20H16N4O2. The average molecular weight is 344 g/mol. The van der Waals surface area contributed by atoms with Gasteiger partial charge < -0.3 is 9.40 Å². The van der Waals surface area contributed by atoms with Gasteiger partial charge in [-0.25, -0.2) is 9.97 Å². The third-order valence-electron chi connectivity index (χ3n) is 3.96. The van der Waals surface area contributed by atoms with E-state index in [4.69, 9.17) is 4.42 Å². The van der Waals surface area contributed by atoms with E-state index in [1.807, 2.05) is 61.5 Å². The zero-order chi connectivity index (χ0) is 17.9. The second-order valence-electron chi connectivity index (χ2n) is 5.83. The van der Waals surface area contributed by atoms with Gasteiger partial charge in [-0.1, -0.05) is 60.2 Å². The number of anilines is 1. The lowest BCUT2D eigenvalue weighted by molar-refractivity contribution is 0.102. The topological polar surface area (TPSA) is 83.8 Å². The Bertz CT molecular complexity index is 1020. The Morgan fingerprint density at radius 3 is 2.50 bits per heavy atom. The zero-order valence-corrected chi connectivity index (χ0v) is 14.1. The summed E-state index contributed by atoms with van der Waals surface area (Å²) in [5.41, 5.74) is 3.84. The summed E-state index contributed by atoms with van der Waals surface area (Å²) in [5, 5.41) is 2.63. The van der Waals surface area contributed by atoms with Crippen molar-refractivity contribution in [1.82, 2.24) is 15.0 Å². The number of imidazole rings is 1. The maximum absolute atomic E-state index is 12.7. The third kappa shape index (κ3) is 3.12. The summed E-state index contributed by atoms with van der Waals surface area (Å²) in [6.07, 6.45) is 2.87. The molecule has 0 spiro atoms. The number of hydrogen-bond donors (Lipinski definition) is 2. The quantitative estimate of drug-likeness (QED) is 0.578. The molecule has 26 heavy (non-hydrogen) atoms. The molecule has 2 aromatic carbocycles. The number of aryl methyl sites for hydroxylation is 1. The molecule has 0 unspecified atom stereocenters. The largest absolute Gasteiger partial charge is 0.432 e. The van der Waals surface area contributed by atoms with E-state index in [1.165, 1.54) is 12.5 Å². The number of amides is 1. The Morgan fingerprint density at radius 1 is 1.04 bits per heavy atom. The van der Waals surface area contributed by atoms with Gasteiger partial charge in [0.05, 0.1) is 6.20 Å². The van der Waals surface area contributed by atoms with Gasteiger partial charge >= 0.3 is 6.01 Å². The molecule has 2 heterocycles. The highest BCUT2D eigenvalue weighted by Crippen LogP contribution is 2.27. The molecule has 1 amide bonds. The monoisotopic (exact) mass is 344 g/mol. The second kappa shape index (κ2) is 6.68. The molecular weight excluding hydrogens is 328 g/mol. The molecule has 4 rings (SSSR count). The van der Waals surface area contributed by atoms with Gasteiger partial charge in [0.1, 0.15) is 23.5 Å². The number of carbonyl (C=O) groups is 1. The molecule has 0 aliphatic rings. The van der Waals surface area contributed by atoms with E-state index in [9.17, 15) is 4.79 Å². The molecule has 4 aromatic rings. The van der Waals surface area contributed by atoms with Gasteiger partial charge in [-0.2, -0.15) is 0 Å². The first kappa shape index (κ1) is 15.8. The number of hydrogen-bond acceptors (Lipinski definition) is 4. The molecule has 0 radical (unpaired) electrons. The van der Waals surface area contributed by atoms with Crippen LogP contribution in [0.4, 0.5) is 6.01 Å². The van der Waals surface area contributed by atoms with Gasteiger partial charge in [-0.15, -0.1) is 0 Å². The summed E-state index contributed by atoms with van der Waals surface area (Å²) in [6, 6.07) is 17.7. The smallest absolute Gasteiger partial charge is 0.301 e. The van der Waals surface area contributed by atoms with Gasteiger partial charge in [-0.3, -0.25) is 10.1 Å². The predicted octanol–water partition coefficient (Wildman–Crippen LogP) is 4.29. The third-order valence-corrected chi connectivity index (χ3v) is 3.96. The first-order valence-corrected chi connectivity index (χ1v) is 8.14. The molecule has 0 saturated carbocycles. The van der Waals surface area contributed by atoms with E-state index < -0.39 is 0 Å². The van der Waals surface area contributed by atoms with Gasteiger partial charge in [0.15, 0.2) is 0 Å². The molecule has 128 valence electrons. The Balaban J connectivity index is 1.77. The molecule has 0 bridgehead atoms. The van der Waals surface area contributed by atoms with Gasteiger partial charge in [0.2, 0.25) is 0 Å². The number of benzene rings is 2. The number of H-pyrrole nitrogens is 1. The Morgan fingerprint density at radius 2 is 1.81 bits per heavy atom. The number of carbonyl (C=O) groups excluding carboxylic acids is 1. The average Bonchev–Trinajstić information content (AvgIpc) is 3.33. The lowest BCUT2D eigenvalue weighted by Crippen LogP contribution is -2.13. The summed E-state index contributed by atoms with van der Waals surface area (Å²) in [6.45, 7) is 2.02. The number of nitrogens with zero attached hydrogens (tertiary/aromatic N) is 2. The molecule has 0 atom stereocenters. The molecule has 0 aliphatic carbocycles. The van der Waals surface area contributed by atoms with Crippen molar-refractivity contribution in [2.24, 2.45) is 0 Å². The van der Waals surface area contributed by atoms with E-state index in [2.05, 4.69) is 20.3 Å². The van der Waals surface area contributed by atoms with Gasteiger partial charge in [0.25, 0.3) is 5.91 Å². The standard InChI is InChI=1S/C20H16N4O2/c1-13-7-9-15(10-8-13)18-22-16(14-5-3-2-4-6-14)17(23-18)19(25)24-20-21-11-12-26-20/h2-12H,1H3,(H,22,23)(H,21,24,25). The van der Waals surface area contributed by atoms with Crippen molar-refractivity contribution < 1.29 is 9.21 Å². The number of oxazole rings is 1. The van der Waals surface area contributed by atoms with E-state index >= 15 is 0 Å². The minimum absolute atomic E-state index is 0.139. The first-order valence-electron chi connectivity index (χ1n) is 8.14. The van der Waals surface area contributed by atoms with Crippen molar-refractivity contribution in [3.63, 3.8) is 0 Å². The fraction of sp³-hybridized carbons (Fsp3) is 0.0500. The molecule has 6 nitrogen and oxygen atoms in total. The summed E-state index contributed by atoms with van der Waals surface area (Å²) >= 11 is 0. The highest BCUT2D eigenvalue weighted by molar-refractivity contribution is 6.06. The van der Waals surface area contributed by atoms with Gasteiger partial charge in [0, 0.05) is 11.1 Å². The van der Waals surface area contributed by atoms with Crippen LogP contribution in [0.25, 0.3) is 22.6 Å². The van der Waals surface area contributed by atoms with Crippen LogP contribution < -0.4 is 5.32 Å². The minimum Gasteiger partial charge on any atom is -0.432 e. The molecule has 2 N–H and O–H groups in total. The minimum atomic E-state index is -0.364. The van der Waals surface area contributed by atoms with E-state index in [1.54, 1.807) is 0 Å². The SMILES string of the molecule is Cc1ccc(-c2nc(-c3ccccc3)c(C(=O)Nc3ncco3)[nH]2)cc1. The van der Waals surface area contributed by atoms with Crippen LogP contribution in [0.5, 0.6) is 0 Å². The highest BCUT2D eigenvalue weighted by Gasteiger charge is 2.20. The van der Waals surface area contributed by atoms with Crippen LogP contribution in [-0.4, -0.2) is 20.9 Å². The van der Waals surface area contributed by atoms with Crippen molar-refractivity contribution in [3.05, 3.63) is 78.3 Å². The van der Waals surface area contributed by atoms with E-state index in [0.29, 0.717) is 17.2 Å². The van der Waals surface area contributed by atoms with Crippen molar-refractivity contribution in [2.45, 2.75) is 6.92 Å². The number of aromatic amines is 1. The summed E-state index contributed by atoms with van der Waals surface area (Å²) in [7, 11) is 0. The van der Waals surface area contributed by atoms with Crippen LogP contribution in [0.2, 0.25) is 0 Å². The van der Waals surface area contributed by atoms with Crippen LogP contribution in [0.3, 0.4) is 0 Å². The lowest BCUT2D eigenvalue weighted by atomic mass is 10.1. The molecule has 6 heteroatoms. The van der Waals surface area contributed by atoms with Crippen LogP contribution >= 0.6 is 0 Å². The van der Waals surface area contributed by atoms with E-state index in [-0.39, 0.29) is 11.9 Å². The number of rotatable bonds is 4. The van der Waals surface area contributed by atoms with E-state index in [0.717, 1.165) is 16.7 Å². The number of nitrogens with one attached hydrogen (secondary N) is 2. The van der Waals surface area contributed by atoms with Gasteiger partial charge in [-0.05, 0) is 6.92 Å². The molecule has 0 saturated heterocycles. The van der Waals surface area contributed by atoms with Crippen LogP contribution in [-0.2, 0) is 0 Å². The van der Waals surface area contributed by atoms with Crippen molar-refractivity contribution >= 4 is 11.9 Å². The Kier molecular flexibility index (Phi) is 4.07. The van der Waals surface area contributed by atoms with Crippen molar-refractivity contribution in [2.75, 3.05) is 5.32 Å². The maximum atomic E-state index is 12.7. The Hall–Kier alpha value is -3.67. The summed E-state index contributed by atoms with van der Waals surface area (Å²) in [4.78, 5) is 24.4. The summed E-state index contributed by atoms with van der Waals surface area (Å²) < 4.78 is 5.10. The lowest BCUT2D eigenvalue weighted by Gasteiger charge is -2.02. The highest BCUT2D eigenvalue weighted by atomic mass is 16.4. The molecule has 0 fully saturated rings. The normalized spacial score (nSPS) is 10.7. The van der Waals surface area contributed by atoms with Crippen LogP contribution in [0, 0.1) is 6.92 Å². The first-order chi connectivity index (χ1) is 12.7. The fourth-order valence-corrected chi connectivity index (χ4v) is 2.64. The van der Waals surface area contributed by atoms with Crippen LogP contribution in [0.15, 0.2) is 71.5 Å². The van der Waals surface area contributed by atoms with Crippen molar-refractivity contribution in [3.8, 4) is 22.6 Å². The Labute approximate surface area is 149 Å². The second-order valence-corrected chi connectivity index (χ2v) is 5.83. The maximum Gasteiger partial charge on any atom is 0.301 e. The fourth-order valence-electron chi connectivity index (χ4n) is 2.64. The predicted molar refractivity (Wildman–Crippen MR) is 98.7 cm³/mol. The molecule has 2 aromatic heterocycles. The summed E-state index contributed by atoms with van der Waals surface area (Å²) in [5.74, 6) is 0.263.